The van der Waals surface area contributed by atoms with E-state index in [0.717, 1.165) is 64.4 Å². The predicted octanol–water partition coefficient (Wildman–Crippen LogP) is 9.60. The molecule has 0 aliphatic carbocycles. The Morgan fingerprint density at radius 1 is 0.458 bits per heavy atom. The largest absolute Gasteiger partial charge is 0.489 e. The second kappa shape index (κ2) is 10.4. The molecule has 0 saturated carbocycles. The van der Waals surface area contributed by atoms with Crippen molar-refractivity contribution in [3.8, 4) is 22.5 Å². The Balaban J connectivity index is 1.28. The summed E-state index contributed by atoms with van der Waals surface area (Å²) in [5.74, 6) is 0. The van der Waals surface area contributed by atoms with E-state index in [1.807, 2.05) is 18.2 Å². The Hall–Kier alpha value is -5.66. The number of rotatable bonds is 4. The lowest BCUT2D eigenvalue weighted by Gasteiger charge is -2.13. The number of thiophene rings is 1. The van der Waals surface area contributed by atoms with Crippen LogP contribution in [0.1, 0.15) is 0 Å². The maximum absolute atomic E-state index is 10.6. The molecule has 3 heterocycles. The van der Waals surface area contributed by atoms with Gasteiger partial charge in [-0.15, -0.1) is 11.3 Å². The molecule has 7 aromatic carbocycles. The Bertz CT molecular complexity index is 2880. The van der Waals surface area contributed by atoms with Gasteiger partial charge in [0.2, 0.25) is 0 Å². The fraction of sp³-hybridized carbons (Fsp3) is 0. The Morgan fingerprint density at radius 3 is 1.92 bits per heavy atom. The monoisotopic (exact) mass is 634 g/mol. The maximum Gasteiger partial charge on any atom is 0.489 e. The van der Waals surface area contributed by atoms with E-state index in [1.54, 1.807) is 11.3 Å². The van der Waals surface area contributed by atoms with Crippen molar-refractivity contribution in [2.24, 2.45) is 0 Å². The minimum atomic E-state index is -1.59. The molecule has 0 amide bonds. The molecule has 48 heavy (non-hydrogen) atoms. The van der Waals surface area contributed by atoms with E-state index in [9.17, 15) is 10.0 Å². The lowest BCUT2D eigenvalue weighted by atomic mass is 9.79. The molecule has 0 atom stereocenters. The molecule has 0 radical (unpaired) electrons. The van der Waals surface area contributed by atoms with Crippen LogP contribution in [0.15, 0.2) is 152 Å². The van der Waals surface area contributed by atoms with E-state index in [0.29, 0.717) is 5.46 Å². The van der Waals surface area contributed by atoms with Crippen molar-refractivity contribution in [3.63, 3.8) is 0 Å². The zero-order valence-corrected chi connectivity index (χ0v) is 26.5. The SMILES string of the molecule is OB(O)c1cc(-n2c3ccccc3c3ccc(-c4cccc5c4c4ccccc4n5-c4ccccc4)cc32)cc2c1sc1ccccc12. The first kappa shape index (κ1) is 27.5. The van der Waals surface area contributed by atoms with Crippen molar-refractivity contribution in [3.05, 3.63) is 152 Å². The van der Waals surface area contributed by atoms with E-state index < -0.39 is 7.12 Å². The molecule has 3 aromatic heterocycles. The average molecular weight is 635 g/mol. The van der Waals surface area contributed by atoms with Crippen LogP contribution in [0.5, 0.6) is 0 Å². The lowest BCUT2D eigenvalue weighted by molar-refractivity contribution is 0.426. The molecule has 10 aromatic rings. The van der Waals surface area contributed by atoms with Crippen LogP contribution >= 0.6 is 11.3 Å². The minimum absolute atomic E-state index is 0.518. The molecule has 0 bridgehead atoms. The van der Waals surface area contributed by atoms with Gasteiger partial charge in [0, 0.05) is 58.6 Å². The maximum atomic E-state index is 10.6. The van der Waals surface area contributed by atoms with E-state index in [-0.39, 0.29) is 0 Å². The molecule has 0 spiro atoms. The summed E-state index contributed by atoms with van der Waals surface area (Å²) in [6.45, 7) is 0. The standard InChI is InChI=1S/C42H27BN2O2S/c46-43(47)35-25-28(24-34-32-14-6-9-20-40(32)48-42(34)35)45-36-17-7-4-13-30(36)31-22-21-26(23-39(31)45)29-16-10-19-38-41(29)33-15-5-8-18-37(33)44(38)27-11-2-1-3-12-27/h1-25,46-47H. The van der Waals surface area contributed by atoms with Gasteiger partial charge >= 0.3 is 7.12 Å². The molecular formula is C42H27BN2O2S. The fourth-order valence-electron chi connectivity index (χ4n) is 7.69. The van der Waals surface area contributed by atoms with Crippen LogP contribution in [-0.4, -0.2) is 26.3 Å². The summed E-state index contributed by atoms with van der Waals surface area (Å²) in [5.41, 5.74) is 9.32. The summed E-state index contributed by atoms with van der Waals surface area (Å²) in [5, 5.41) is 28.1. The van der Waals surface area contributed by atoms with Crippen LogP contribution in [0.25, 0.3) is 86.3 Å². The van der Waals surface area contributed by atoms with Crippen molar-refractivity contribution >= 4 is 87.7 Å². The molecular weight excluding hydrogens is 607 g/mol. The summed E-state index contributed by atoms with van der Waals surface area (Å²) in [6, 6.07) is 53.4. The molecule has 0 aliphatic rings. The zero-order valence-electron chi connectivity index (χ0n) is 25.7. The second-order valence-electron chi connectivity index (χ2n) is 12.4. The molecule has 0 saturated heterocycles. The number of para-hydroxylation sites is 3. The van der Waals surface area contributed by atoms with Crippen LogP contribution < -0.4 is 5.46 Å². The number of nitrogens with zero attached hydrogens (tertiary/aromatic N) is 2. The fourth-order valence-corrected chi connectivity index (χ4v) is 8.91. The van der Waals surface area contributed by atoms with Gasteiger partial charge in [-0.25, -0.2) is 0 Å². The summed E-state index contributed by atoms with van der Waals surface area (Å²) in [4.78, 5) is 0. The van der Waals surface area contributed by atoms with Gasteiger partial charge < -0.3 is 19.2 Å². The highest BCUT2D eigenvalue weighted by Crippen LogP contribution is 2.42. The molecule has 2 N–H and O–H groups in total. The van der Waals surface area contributed by atoms with Crippen LogP contribution in [0.4, 0.5) is 0 Å². The van der Waals surface area contributed by atoms with Gasteiger partial charge in [0.05, 0.1) is 22.1 Å². The lowest BCUT2D eigenvalue weighted by Crippen LogP contribution is -2.30. The summed E-state index contributed by atoms with van der Waals surface area (Å²) < 4.78 is 6.65. The number of fused-ring (bicyclic) bond motifs is 9. The Morgan fingerprint density at radius 2 is 1.10 bits per heavy atom. The topological polar surface area (TPSA) is 50.3 Å². The molecule has 10 rings (SSSR count). The van der Waals surface area contributed by atoms with Gasteiger partial charge in [-0.2, -0.15) is 0 Å². The summed E-state index contributed by atoms with van der Waals surface area (Å²) in [6.07, 6.45) is 0. The smallest absolute Gasteiger partial charge is 0.423 e. The van der Waals surface area contributed by atoms with Gasteiger partial charge in [0.1, 0.15) is 0 Å². The average Bonchev–Trinajstić information content (AvgIpc) is 3.79. The van der Waals surface area contributed by atoms with Gasteiger partial charge in [0.25, 0.3) is 0 Å². The van der Waals surface area contributed by atoms with Crippen molar-refractivity contribution < 1.29 is 10.0 Å². The van der Waals surface area contributed by atoms with E-state index in [1.165, 1.54) is 21.9 Å². The predicted molar refractivity (Wildman–Crippen MR) is 203 cm³/mol. The highest BCUT2D eigenvalue weighted by atomic mass is 32.1. The molecule has 0 fully saturated rings. The van der Waals surface area contributed by atoms with Crippen molar-refractivity contribution in [2.45, 2.75) is 0 Å². The van der Waals surface area contributed by atoms with Crippen LogP contribution in [-0.2, 0) is 0 Å². The first-order chi connectivity index (χ1) is 23.7. The molecule has 4 nitrogen and oxygen atoms in total. The minimum Gasteiger partial charge on any atom is -0.423 e. The highest BCUT2D eigenvalue weighted by molar-refractivity contribution is 7.27. The third-order valence-corrected chi connectivity index (χ3v) is 11.0. The summed E-state index contributed by atoms with van der Waals surface area (Å²) >= 11 is 1.60. The molecule has 226 valence electrons. The van der Waals surface area contributed by atoms with Crippen molar-refractivity contribution in [1.29, 1.82) is 0 Å². The zero-order chi connectivity index (χ0) is 31.9. The van der Waals surface area contributed by atoms with Gasteiger partial charge in [0.15, 0.2) is 0 Å². The van der Waals surface area contributed by atoms with Crippen LogP contribution in [0.2, 0.25) is 0 Å². The van der Waals surface area contributed by atoms with E-state index >= 15 is 0 Å². The van der Waals surface area contributed by atoms with E-state index in [4.69, 9.17) is 0 Å². The van der Waals surface area contributed by atoms with Gasteiger partial charge in [-0.1, -0.05) is 97.1 Å². The van der Waals surface area contributed by atoms with Crippen molar-refractivity contribution in [1.82, 2.24) is 9.13 Å². The molecule has 6 heteroatoms. The van der Waals surface area contributed by atoms with E-state index in [2.05, 4.69) is 143 Å². The first-order valence-corrected chi connectivity index (χ1v) is 16.9. The summed E-state index contributed by atoms with van der Waals surface area (Å²) in [7, 11) is -1.59. The second-order valence-corrected chi connectivity index (χ2v) is 13.4. The number of aromatic nitrogens is 2. The highest BCUT2D eigenvalue weighted by Gasteiger charge is 2.22. The van der Waals surface area contributed by atoms with Crippen molar-refractivity contribution in [2.75, 3.05) is 0 Å². The third-order valence-electron chi connectivity index (χ3n) is 9.72. The molecule has 0 unspecified atom stereocenters. The van der Waals surface area contributed by atoms with Crippen LogP contribution in [0.3, 0.4) is 0 Å². The normalized spacial score (nSPS) is 12.0. The van der Waals surface area contributed by atoms with Crippen LogP contribution in [0, 0.1) is 0 Å². The number of hydrogen-bond donors (Lipinski definition) is 2. The number of hydrogen-bond acceptors (Lipinski definition) is 3. The van der Waals surface area contributed by atoms with Gasteiger partial charge in [-0.3, -0.25) is 0 Å². The Labute approximate surface area is 280 Å². The number of benzene rings is 7. The molecule has 0 aliphatic heterocycles. The third kappa shape index (κ3) is 3.91. The van der Waals surface area contributed by atoms with Gasteiger partial charge in [-0.05, 0) is 65.7 Å². The first-order valence-electron chi connectivity index (χ1n) is 16.1. The Kier molecular flexibility index (Phi) is 5.96. The quantitative estimate of drug-likeness (QED) is 0.190.